The molecule has 0 aliphatic carbocycles. The Balaban J connectivity index is 0.000000967. The van der Waals surface area contributed by atoms with Gasteiger partial charge in [-0.15, -0.1) is 0 Å². The van der Waals surface area contributed by atoms with Crippen LogP contribution in [0, 0.1) is 0 Å². The van der Waals surface area contributed by atoms with Gasteiger partial charge >= 0.3 is 0 Å². The molecule has 3 aromatic rings. The molecular weight excluding hydrogens is 452 g/mol. The van der Waals surface area contributed by atoms with E-state index in [4.69, 9.17) is 9.72 Å². The summed E-state index contributed by atoms with van der Waals surface area (Å²) in [5.41, 5.74) is 7.31. The number of rotatable bonds is 5. The Morgan fingerprint density at radius 2 is 1.92 bits per heavy atom. The number of hydrogen-bond donors (Lipinski definition) is 0. The molecule has 36 heavy (non-hydrogen) atoms. The van der Waals surface area contributed by atoms with Crippen molar-refractivity contribution in [3.8, 4) is 11.3 Å². The largest absolute Gasteiger partial charge is 0.377 e. The van der Waals surface area contributed by atoms with Crippen LogP contribution in [-0.4, -0.2) is 49.0 Å². The van der Waals surface area contributed by atoms with Crippen LogP contribution < -0.4 is 5.56 Å². The number of fused-ring (bicyclic) bond motifs is 1. The summed E-state index contributed by atoms with van der Waals surface area (Å²) >= 11 is 0. The molecule has 2 aliphatic heterocycles. The van der Waals surface area contributed by atoms with Crippen molar-refractivity contribution in [1.82, 2.24) is 29.2 Å². The van der Waals surface area contributed by atoms with Gasteiger partial charge in [-0.3, -0.25) is 19.0 Å². The number of aromatic nitrogens is 5. The average Bonchev–Trinajstić information content (AvgIpc) is 3.32. The minimum atomic E-state index is -0.0732. The van der Waals surface area contributed by atoms with E-state index < -0.39 is 0 Å². The van der Waals surface area contributed by atoms with Crippen molar-refractivity contribution < 1.29 is 4.74 Å². The molecule has 8 heteroatoms. The highest BCUT2D eigenvalue weighted by atomic mass is 16.5. The topological polar surface area (TPSA) is 78.1 Å². The number of allylic oxidation sites excluding steroid dienone is 2. The van der Waals surface area contributed by atoms with Gasteiger partial charge in [0.25, 0.3) is 5.56 Å². The zero-order valence-electron chi connectivity index (χ0n) is 22.0. The van der Waals surface area contributed by atoms with Gasteiger partial charge in [0.1, 0.15) is 5.82 Å². The lowest BCUT2D eigenvalue weighted by Crippen LogP contribution is -2.32. The highest BCUT2D eigenvalue weighted by Gasteiger charge is 2.25. The fourth-order valence-corrected chi connectivity index (χ4v) is 4.44. The first kappa shape index (κ1) is 25.6. The van der Waals surface area contributed by atoms with Gasteiger partial charge in [0, 0.05) is 68.2 Å². The molecule has 0 atom stereocenters. The van der Waals surface area contributed by atoms with Crippen LogP contribution in [-0.2, 0) is 24.8 Å². The van der Waals surface area contributed by atoms with E-state index in [9.17, 15) is 4.79 Å². The lowest BCUT2D eigenvalue weighted by Gasteiger charge is -2.33. The SMILES string of the molecule is C=C(/C(C)=C(/C)c1nccc(=O)n1C)N1CCc2ncc(-c3ccnn3C3COC3)cc2C1.CCC. The van der Waals surface area contributed by atoms with Crippen molar-refractivity contribution in [1.29, 1.82) is 0 Å². The van der Waals surface area contributed by atoms with Gasteiger partial charge < -0.3 is 9.64 Å². The zero-order chi connectivity index (χ0) is 25.8. The van der Waals surface area contributed by atoms with Crippen LogP contribution in [0.3, 0.4) is 0 Å². The molecule has 1 fully saturated rings. The van der Waals surface area contributed by atoms with Gasteiger partial charge in [-0.1, -0.05) is 26.8 Å². The van der Waals surface area contributed by atoms with Crippen molar-refractivity contribution in [2.45, 2.75) is 53.1 Å². The lowest BCUT2D eigenvalue weighted by atomic mass is 10.00. The Kier molecular flexibility index (Phi) is 7.84. The Labute approximate surface area is 213 Å². The van der Waals surface area contributed by atoms with E-state index in [2.05, 4.69) is 41.5 Å². The van der Waals surface area contributed by atoms with Crippen molar-refractivity contribution in [2.75, 3.05) is 19.8 Å². The molecule has 0 bridgehead atoms. The van der Waals surface area contributed by atoms with Crippen LogP contribution in [0.4, 0.5) is 0 Å². The average molecular weight is 489 g/mol. The van der Waals surface area contributed by atoms with Gasteiger partial charge in [-0.05, 0) is 42.7 Å². The van der Waals surface area contributed by atoms with E-state index in [1.807, 2.05) is 37.0 Å². The molecule has 0 aromatic carbocycles. The molecule has 0 saturated carbocycles. The van der Waals surface area contributed by atoms with E-state index in [1.165, 1.54) is 18.1 Å². The van der Waals surface area contributed by atoms with Crippen LogP contribution in [0.2, 0.25) is 0 Å². The van der Waals surface area contributed by atoms with Gasteiger partial charge in [0.05, 0.1) is 24.9 Å². The van der Waals surface area contributed by atoms with Crippen LogP contribution in [0.25, 0.3) is 16.8 Å². The highest BCUT2D eigenvalue weighted by molar-refractivity contribution is 5.66. The van der Waals surface area contributed by atoms with E-state index in [-0.39, 0.29) is 5.56 Å². The molecular formula is C28H36N6O2. The smallest absolute Gasteiger partial charge is 0.253 e. The zero-order valence-corrected chi connectivity index (χ0v) is 22.0. The minimum absolute atomic E-state index is 0.0732. The van der Waals surface area contributed by atoms with E-state index in [0.29, 0.717) is 25.1 Å². The fourth-order valence-electron chi connectivity index (χ4n) is 4.44. The number of pyridine rings is 1. The second kappa shape index (κ2) is 11.0. The molecule has 5 rings (SSSR count). The summed E-state index contributed by atoms with van der Waals surface area (Å²) in [5.74, 6) is 0.663. The predicted octanol–water partition coefficient (Wildman–Crippen LogP) is 4.39. The highest BCUT2D eigenvalue weighted by Crippen LogP contribution is 2.31. The molecule has 0 N–H and O–H groups in total. The second-order valence-corrected chi connectivity index (χ2v) is 9.42. The maximum atomic E-state index is 12.0. The molecule has 0 amide bonds. The maximum absolute atomic E-state index is 12.0. The number of nitrogens with zero attached hydrogens (tertiary/aromatic N) is 6. The van der Waals surface area contributed by atoms with Crippen molar-refractivity contribution in [2.24, 2.45) is 7.05 Å². The van der Waals surface area contributed by atoms with Crippen molar-refractivity contribution >= 4 is 5.57 Å². The second-order valence-electron chi connectivity index (χ2n) is 9.42. The predicted molar refractivity (Wildman–Crippen MR) is 142 cm³/mol. The molecule has 0 radical (unpaired) electrons. The summed E-state index contributed by atoms with van der Waals surface area (Å²) in [6.45, 7) is 15.7. The van der Waals surface area contributed by atoms with Crippen LogP contribution in [0.15, 0.2) is 59.4 Å². The van der Waals surface area contributed by atoms with Gasteiger partial charge in [0.2, 0.25) is 0 Å². The molecule has 190 valence electrons. The summed E-state index contributed by atoms with van der Waals surface area (Å²) in [4.78, 5) is 23.5. The third kappa shape index (κ3) is 5.04. The Bertz CT molecular complexity index is 1330. The van der Waals surface area contributed by atoms with E-state index in [1.54, 1.807) is 17.8 Å². The van der Waals surface area contributed by atoms with Gasteiger partial charge in [-0.25, -0.2) is 4.98 Å². The lowest BCUT2D eigenvalue weighted by molar-refractivity contribution is -0.0278. The van der Waals surface area contributed by atoms with Gasteiger partial charge in [-0.2, -0.15) is 5.10 Å². The first-order chi connectivity index (χ1) is 17.3. The summed E-state index contributed by atoms with van der Waals surface area (Å²) in [6.07, 6.45) is 7.46. The molecule has 5 heterocycles. The summed E-state index contributed by atoms with van der Waals surface area (Å²) < 4.78 is 8.96. The molecule has 1 saturated heterocycles. The van der Waals surface area contributed by atoms with E-state index >= 15 is 0 Å². The Hall–Kier alpha value is -3.52. The molecule has 0 unspecified atom stereocenters. The number of ether oxygens (including phenoxy) is 1. The summed E-state index contributed by atoms with van der Waals surface area (Å²) in [6, 6.07) is 6.02. The molecule has 2 aliphatic rings. The van der Waals surface area contributed by atoms with Crippen molar-refractivity contribution in [3.63, 3.8) is 0 Å². The quantitative estimate of drug-likeness (QED) is 0.496. The normalized spacial score (nSPS) is 15.9. The van der Waals surface area contributed by atoms with Crippen LogP contribution in [0.1, 0.15) is 57.2 Å². The van der Waals surface area contributed by atoms with Crippen molar-refractivity contribution in [3.05, 3.63) is 82.1 Å². The Morgan fingerprint density at radius 1 is 1.17 bits per heavy atom. The standard InChI is InChI=1S/C25H28N6O2.C3H8/c1-16(17(2)25-26-8-6-24(32)29(25)4)18(3)30-10-7-22-20(13-30)11-19(12-27-22)23-5-9-28-31(23)21-14-33-15-21;1-3-2/h5-6,8-9,11-12,21H,3,7,10,13-15H2,1-2,4H3;3H2,1-2H3/b17-16-;. The fraction of sp³-hybridized carbons (Fsp3) is 0.429. The summed E-state index contributed by atoms with van der Waals surface area (Å²) in [5, 5.41) is 4.50. The Morgan fingerprint density at radius 3 is 2.61 bits per heavy atom. The summed E-state index contributed by atoms with van der Waals surface area (Å²) in [7, 11) is 1.75. The maximum Gasteiger partial charge on any atom is 0.253 e. The number of hydrogen-bond acceptors (Lipinski definition) is 6. The first-order valence-electron chi connectivity index (χ1n) is 12.6. The monoisotopic (exact) mass is 488 g/mol. The third-order valence-electron chi connectivity index (χ3n) is 6.75. The molecule has 0 spiro atoms. The van der Waals surface area contributed by atoms with E-state index in [0.717, 1.165) is 53.3 Å². The van der Waals surface area contributed by atoms with Crippen LogP contribution >= 0.6 is 0 Å². The van der Waals surface area contributed by atoms with Crippen LogP contribution in [0.5, 0.6) is 0 Å². The minimum Gasteiger partial charge on any atom is -0.377 e. The molecule has 8 nitrogen and oxygen atoms in total. The first-order valence-corrected chi connectivity index (χ1v) is 12.6. The van der Waals surface area contributed by atoms with Gasteiger partial charge in [0.15, 0.2) is 0 Å². The molecule has 3 aromatic heterocycles. The third-order valence-corrected chi connectivity index (χ3v) is 6.75.